The monoisotopic (exact) mass is 257 g/mol. The normalized spacial score (nSPS) is 20.5. The standard InChI is InChI=1S/C11H12ClNO2S/c12-8-1-2-9(10(14)4-8)13-5-7(6-16)3-11(13)15/h1-2,4,7,14,16H,3,5-6H2. The summed E-state index contributed by atoms with van der Waals surface area (Å²) in [5, 5.41) is 10.2. The molecule has 1 saturated heterocycles. The van der Waals surface area contributed by atoms with Gasteiger partial charge in [-0.05, 0) is 23.8 Å². The maximum atomic E-state index is 11.7. The molecule has 1 atom stereocenters. The lowest BCUT2D eigenvalue weighted by Gasteiger charge is -2.17. The molecule has 5 heteroatoms. The molecule has 1 aliphatic rings. The molecule has 1 aromatic rings. The molecule has 0 spiro atoms. The van der Waals surface area contributed by atoms with E-state index in [9.17, 15) is 9.90 Å². The minimum Gasteiger partial charge on any atom is -0.506 e. The first-order valence-electron chi connectivity index (χ1n) is 5.01. The third-order valence-electron chi connectivity index (χ3n) is 2.69. The van der Waals surface area contributed by atoms with Gasteiger partial charge in [0, 0.05) is 24.1 Å². The number of carbonyl (C=O) groups is 1. The summed E-state index contributed by atoms with van der Waals surface area (Å²) in [5.74, 6) is 1.000. The summed E-state index contributed by atoms with van der Waals surface area (Å²) in [6.45, 7) is 0.609. The molecule has 1 amide bonds. The van der Waals surface area contributed by atoms with E-state index in [4.69, 9.17) is 11.6 Å². The molecule has 0 bridgehead atoms. The zero-order valence-corrected chi connectivity index (χ0v) is 10.2. The number of halogens is 1. The van der Waals surface area contributed by atoms with Gasteiger partial charge in [-0.1, -0.05) is 11.6 Å². The van der Waals surface area contributed by atoms with E-state index in [1.54, 1.807) is 17.0 Å². The number of hydrogen-bond donors (Lipinski definition) is 2. The van der Waals surface area contributed by atoms with Gasteiger partial charge in [-0.2, -0.15) is 12.6 Å². The first kappa shape index (κ1) is 11.6. The Balaban J connectivity index is 2.28. The average Bonchev–Trinajstić information content (AvgIpc) is 2.60. The van der Waals surface area contributed by atoms with Crippen LogP contribution in [0.5, 0.6) is 5.75 Å². The van der Waals surface area contributed by atoms with Crippen molar-refractivity contribution in [1.29, 1.82) is 0 Å². The maximum Gasteiger partial charge on any atom is 0.227 e. The molecule has 1 N–H and O–H groups in total. The van der Waals surface area contributed by atoms with Crippen molar-refractivity contribution in [2.75, 3.05) is 17.2 Å². The van der Waals surface area contributed by atoms with E-state index in [1.165, 1.54) is 6.07 Å². The van der Waals surface area contributed by atoms with Gasteiger partial charge in [-0.15, -0.1) is 0 Å². The number of nitrogens with zero attached hydrogens (tertiary/aromatic N) is 1. The van der Waals surface area contributed by atoms with Gasteiger partial charge >= 0.3 is 0 Å². The van der Waals surface area contributed by atoms with Crippen LogP contribution in [0.2, 0.25) is 5.02 Å². The number of amides is 1. The van der Waals surface area contributed by atoms with E-state index >= 15 is 0 Å². The molecule has 0 aromatic heterocycles. The summed E-state index contributed by atoms with van der Waals surface area (Å²) in [6, 6.07) is 4.77. The second kappa shape index (κ2) is 4.55. The SMILES string of the molecule is O=C1CC(CS)CN1c1ccc(Cl)cc1O. The smallest absolute Gasteiger partial charge is 0.227 e. The molecule has 0 saturated carbocycles. The third-order valence-corrected chi connectivity index (χ3v) is 3.44. The van der Waals surface area contributed by atoms with Crippen molar-refractivity contribution in [1.82, 2.24) is 0 Å². The van der Waals surface area contributed by atoms with Crippen LogP contribution in [0.25, 0.3) is 0 Å². The second-order valence-corrected chi connectivity index (χ2v) is 4.69. The van der Waals surface area contributed by atoms with Crippen molar-refractivity contribution in [2.24, 2.45) is 5.92 Å². The highest BCUT2D eigenvalue weighted by Gasteiger charge is 2.30. The highest BCUT2D eigenvalue weighted by molar-refractivity contribution is 7.80. The van der Waals surface area contributed by atoms with Crippen molar-refractivity contribution < 1.29 is 9.90 Å². The van der Waals surface area contributed by atoms with Crippen LogP contribution in [0.15, 0.2) is 18.2 Å². The summed E-state index contributed by atoms with van der Waals surface area (Å²) in [6.07, 6.45) is 0.492. The fourth-order valence-electron chi connectivity index (χ4n) is 1.86. The van der Waals surface area contributed by atoms with Gasteiger partial charge in [-0.25, -0.2) is 0 Å². The van der Waals surface area contributed by atoms with Crippen molar-refractivity contribution in [3.05, 3.63) is 23.2 Å². The van der Waals surface area contributed by atoms with E-state index in [0.717, 1.165) is 0 Å². The van der Waals surface area contributed by atoms with E-state index in [0.29, 0.717) is 29.4 Å². The van der Waals surface area contributed by atoms with Gasteiger partial charge < -0.3 is 10.0 Å². The minimum atomic E-state index is 0.0247. The van der Waals surface area contributed by atoms with Gasteiger partial charge in [0.25, 0.3) is 0 Å². The Hall–Kier alpha value is -0.870. The van der Waals surface area contributed by atoms with E-state index in [1.807, 2.05) is 0 Å². The van der Waals surface area contributed by atoms with E-state index < -0.39 is 0 Å². The van der Waals surface area contributed by atoms with Crippen LogP contribution in [0.3, 0.4) is 0 Å². The number of phenols is 1. The Morgan fingerprint density at radius 1 is 1.56 bits per heavy atom. The summed E-state index contributed by atoms with van der Waals surface area (Å²) in [7, 11) is 0. The topological polar surface area (TPSA) is 40.5 Å². The lowest BCUT2D eigenvalue weighted by molar-refractivity contribution is -0.117. The molecule has 2 rings (SSSR count). The van der Waals surface area contributed by atoms with Gasteiger partial charge in [0.1, 0.15) is 5.75 Å². The van der Waals surface area contributed by atoms with Crippen LogP contribution in [-0.4, -0.2) is 23.3 Å². The average molecular weight is 258 g/mol. The number of hydrogen-bond acceptors (Lipinski definition) is 3. The van der Waals surface area contributed by atoms with Gasteiger partial charge in [0.2, 0.25) is 5.91 Å². The summed E-state index contributed by atoms with van der Waals surface area (Å²) >= 11 is 9.93. The van der Waals surface area contributed by atoms with Crippen LogP contribution in [-0.2, 0) is 4.79 Å². The summed E-state index contributed by atoms with van der Waals surface area (Å²) in [4.78, 5) is 13.3. The molecule has 1 aliphatic heterocycles. The summed E-state index contributed by atoms with van der Waals surface area (Å²) in [5.41, 5.74) is 0.527. The summed E-state index contributed by atoms with van der Waals surface area (Å²) < 4.78 is 0. The highest BCUT2D eigenvalue weighted by atomic mass is 35.5. The molecule has 1 fully saturated rings. The Bertz CT molecular complexity index is 424. The number of thiol groups is 1. The predicted molar refractivity (Wildman–Crippen MR) is 67.4 cm³/mol. The number of anilines is 1. The number of rotatable bonds is 2. The molecule has 0 aliphatic carbocycles. The minimum absolute atomic E-state index is 0.0247. The first-order valence-corrected chi connectivity index (χ1v) is 6.02. The molecular weight excluding hydrogens is 246 g/mol. The fraction of sp³-hybridized carbons (Fsp3) is 0.364. The quantitative estimate of drug-likeness (QED) is 0.799. The van der Waals surface area contributed by atoms with Crippen molar-refractivity contribution in [3.63, 3.8) is 0 Å². The predicted octanol–water partition coefficient (Wildman–Crippen LogP) is 2.33. The Morgan fingerprint density at radius 2 is 2.31 bits per heavy atom. The van der Waals surface area contributed by atoms with E-state index in [2.05, 4.69) is 12.6 Å². The number of aromatic hydroxyl groups is 1. The molecule has 1 unspecified atom stereocenters. The van der Waals surface area contributed by atoms with Gasteiger partial charge in [-0.3, -0.25) is 4.79 Å². The molecule has 1 aromatic carbocycles. The van der Waals surface area contributed by atoms with Gasteiger partial charge in [0.05, 0.1) is 5.69 Å². The van der Waals surface area contributed by atoms with Crippen LogP contribution in [0.1, 0.15) is 6.42 Å². The maximum absolute atomic E-state index is 11.7. The van der Waals surface area contributed by atoms with Crippen molar-refractivity contribution >= 4 is 35.8 Å². The number of benzene rings is 1. The van der Waals surface area contributed by atoms with Crippen molar-refractivity contribution in [2.45, 2.75) is 6.42 Å². The zero-order valence-electron chi connectivity index (χ0n) is 8.56. The molecule has 0 radical (unpaired) electrons. The molecule has 86 valence electrons. The van der Waals surface area contributed by atoms with Crippen LogP contribution >= 0.6 is 24.2 Å². The second-order valence-electron chi connectivity index (χ2n) is 3.89. The largest absolute Gasteiger partial charge is 0.506 e. The molecular formula is C11H12ClNO2S. The van der Waals surface area contributed by atoms with Crippen LogP contribution < -0.4 is 4.90 Å². The number of phenolic OH excluding ortho intramolecular Hbond substituents is 1. The molecule has 1 heterocycles. The van der Waals surface area contributed by atoms with E-state index in [-0.39, 0.29) is 17.6 Å². The lowest BCUT2D eigenvalue weighted by atomic mass is 10.1. The highest BCUT2D eigenvalue weighted by Crippen LogP contribution is 2.34. The lowest BCUT2D eigenvalue weighted by Crippen LogP contribution is -2.24. The number of carbonyl (C=O) groups excluding carboxylic acids is 1. The van der Waals surface area contributed by atoms with Crippen molar-refractivity contribution in [3.8, 4) is 5.75 Å². The zero-order chi connectivity index (χ0) is 11.7. The van der Waals surface area contributed by atoms with Crippen LogP contribution in [0, 0.1) is 5.92 Å². The molecule has 16 heavy (non-hydrogen) atoms. The van der Waals surface area contributed by atoms with Crippen LogP contribution in [0.4, 0.5) is 5.69 Å². The molecule has 3 nitrogen and oxygen atoms in total. The fourth-order valence-corrected chi connectivity index (χ4v) is 2.27. The van der Waals surface area contributed by atoms with Gasteiger partial charge in [0.15, 0.2) is 0 Å². The first-order chi connectivity index (χ1) is 7.61. The Morgan fingerprint density at radius 3 is 2.88 bits per heavy atom. The third kappa shape index (κ3) is 2.13. The Labute approximate surface area is 104 Å². The Kier molecular flexibility index (Phi) is 3.30.